The molecular formula is C14H17N3O2. The Labute approximate surface area is 111 Å². The van der Waals surface area contributed by atoms with E-state index in [0.29, 0.717) is 17.9 Å². The predicted octanol–water partition coefficient (Wildman–Crippen LogP) is 1.58. The number of hydrogen-bond acceptors (Lipinski definition) is 3. The summed E-state index contributed by atoms with van der Waals surface area (Å²) in [6, 6.07) is 9.39. The average molecular weight is 259 g/mol. The molecule has 1 aromatic heterocycles. The third-order valence-electron chi connectivity index (χ3n) is 2.81. The number of aromatic nitrogens is 1. The molecule has 2 rings (SSSR count). The van der Waals surface area contributed by atoms with Crippen LogP contribution in [0.4, 0.5) is 5.69 Å². The van der Waals surface area contributed by atoms with Gasteiger partial charge in [-0.15, -0.1) is 0 Å². The molecule has 0 atom stereocenters. The lowest BCUT2D eigenvalue weighted by Crippen LogP contribution is -2.25. The van der Waals surface area contributed by atoms with E-state index in [2.05, 4.69) is 10.3 Å². The van der Waals surface area contributed by atoms with Gasteiger partial charge in [-0.3, -0.25) is 4.79 Å². The molecule has 5 heteroatoms. The summed E-state index contributed by atoms with van der Waals surface area (Å²) in [6.07, 6.45) is 2.37. The van der Waals surface area contributed by atoms with Gasteiger partial charge >= 0.3 is 0 Å². The number of nitrogen functional groups attached to an aromatic ring is 1. The van der Waals surface area contributed by atoms with Crippen LogP contribution in [0.15, 0.2) is 36.5 Å². The number of nitrogens with two attached hydrogens (primary N) is 1. The van der Waals surface area contributed by atoms with Crippen molar-refractivity contribution >= 4 is 11.6 Å². The fraction of sp³-hybridized carbons (Fsp3) is 0.214. The Balaban J connectivity index is 1.81. The predicted molar refractivity (Wildman–Crippen MR) is 74.2 cm³/mol. The molecule has 100 valence electrons. The van der Waals surface area contributed by atoms with Crippen molar-refractivity contribution < 1.29 is 9.53 Å². The Bertz CT molecular complexity index is 546. The zero-order valence-electron chi connectivity index (χ0n) is 10.8. The molecular weight excluding hydrogens is 242 g/mol. The number of methoxy groups -OCH3 is 1. The van der Waals surface area contributed by atoms with Gasteiger partial charge in [0.25, 0.3) is 5.91 Å². The van der Waals surface area contributed by atoms with Gasteiger partial charge in [0.1, 0.15) is 11.4 Å². The smallest absolute Gasteiger partial charge is 0.267 e. The van der Waals surface area contributed by atoms with Crippen LogP contribution in [0.2, 0.25) is 0 Å². The third kappa shape index (κ3) is 3.51. The molecule has 0 aliphatic carbocycles. The second-order valence-electron chi connectivity index (χ2n) is 4.20. The molecule has 0 spiro atoms. The molecule has 2 aromatic rings. The average Bonchev–Trinajstić information content (AvgIpc) is 2.86. The molecule has 1 amide bonds. The normalized spacial score (nSPS) is 10.2. The van der Waals surface area contributed by atoms with E-state index in [1.807, 2.05) is 24.3 Å². The molecule has 0 aliphatic rings. The lowest BCUT2D eigenvalue weighted by atomic mass is 10.1. The minimum Gasteiger partial charge on any atom is -0.497 e. The third-order valence-corrected chi connectivity index (χ3v) is 2.81. The summed E-state index contributed by atoms with van der Waals surface area (Å²) in [4.78, 5) is 14.5. The number of benzene rings is 1. The van der Waals surface area contributed by atoms with Crippen molar-refractivity contribution in [3.05, 3.63) is 47.8 Å². The van der Waals surface area contributed by atoms with Crippen LogP contribution in [0.3, 0.4) is 0 Å². The number of ether oxygens (including phenoxy) is 1. The first-order valence-corrected chi connectivity index (χ1v) is 6.04. The van der Waals surface area contributed by atoms with Gasteiger partial charge in [-0.25, -0.2) is 0 Å². The molecule has 0 fully saturated rings. The zero-order chi connectivity index (χ0) is 13.7. The number of carbonyl (C=O) groups is 1. The number of H-pyrrole nitrogens is 1. The van der Waals surface area contributed by atoms with E-state index in [-0.39, 0.29) is 5.91 Å². The van der Waals surface area contributed by atoms with Crippen LogP contribution < -0.4 is 15.8 Å². The molecule has 0 aliphatic heterocycles. The monoisotopic (exact) mass is 259 g/mol. The first-order chi connectivity index (χ1) is 9.19. The molecule has 0 saturated carbocycles. The van der Waals surface area contributed by atoms with Crippen LogP contribution in [0.25, 0.3) is 0 Å². The van der Waals surface area contributed by atoms with Gasteiger partial charge in [-0.2, -0.15) is 0 Å². The van der Waals surface area contributed by atoms with Crippen molar-refractivity contribution in [2.75, 3.05) is 19.4 Å². The highest BCUT2D eigenvalue weighted by molar-refractivity contribution is 5.93. The van der Waals surface area contributed by atoms with E-state index >= 15 is 0 Å². The van der Waals surface area contributed by atoms with Gasteiger partial charge in [0, 0.05) is 18.4 Å². The molecule has 0 saturated heterocycles. The Morgan fingerprint density at radius 1 is 1.37 bits per heavy atom. The molecule has 0 unspecified atom stereocenters. The van der Waals surface area contributed by atoms with Crippen LogP contribution in [-0.2, 0) is 6.42 Å². The number of aromatic amines is 1. The van der Waals surface area contributed by atoms with Crippen LogP contribution >= 0.6 is 0 Å². The second-order valence-corrected chi connectivity index (χ2v) is 4.20. The summed E-state index contributed by atoms with van der Waals surface area (Å²) in [5.74, 6) is 0.680. The van der Waals surface area contributed by atoms with Crippen molar-refractivity contribution in [1.29, 1.82) is 0 Å². The van der Waals surface area contributed by atoms with E-state index in [4.69, 9.17) is 10.5 Å². The van der Waals surface area contributed by atoms with Gasteiger partial charge < -0.3 is 20.8 Å². The van der Waals surface area contributed by atoms with Gasteiger partial charge in [-0.1, -0.05) is 12.1 Å². The second kappa shape index (κ2) is 5.95. The maximum Gasteiger partial charge on any atom is 0.267 e. The number of amides is 1. The largest absolute Gasteiger partial charge is 0.497 e. The van der Waals surface area contributed by atoms with Crippen LogP contribution in [-0.4, -0.2) is 24.5 Å². The minimum absolute atomic E-state index is 0.148. The van der Waals surface area contributed by atoms with Crippen molar-refractivity contribution in [3.8, 4) is 5.75 Å². The minimum atomic E-state index is -0.148. The first kappa shape index (κ1) is 13.0. The fourth-order valence-corrected chi connectivity index (χ4v) is 1.75. The van der Waals surface area contributed by atoms with E-state index in [9.17, 15) is 4.79 Å². The van der Waals surface area contributed by atoms with Crippen molar-refractivity contribution in [2.45, 2.75) is 6.42 Å². The summed E-state index contributed by atoms with van der Waals surface area (Å²) in [6.45, 7) is 0.573. The van der Waals surface area contributed by atoms with E-state index in [1.165, 1.54) is 0 Å². The molecule has 19 heavy (non-hydrogen) atoms. The fourth-order valence-electron chi connectivity index (χ4n) is 1.75. The van der Waals surface area contributed by atoms with Gasteiger partial charge in [0.15, 0.2) is 0 Å². The van der Waals surface area contributed by atoms with Gasteiger partial charge in [0.05, 0.1) is 7.11 Å². The number of hydrogen-bond donors (Lipinski definition) is 3. The lowest BCUT2D eigenvalue weighted by molar-refractivity contribution is 0.0950. The quantitative estimate of drug-likeness (QED) is 0.762. The number of anilines is 1. The van der Waals surface area contributed by atoms with E-state index in [1.54, 1.807) is 19.4 Å². The molecule has 0 radical (unpaired) electrons. The number of rotatable bonds is 5. The number of nitrogens with one attached hydrogen (secondary N) is 2. The van der Waals surface area contributed by atoms with Gasteiger partial charge in [-0.05, 0) is 30.2 Å². The maximum atomic E-state index is 11.7. The summed E-state index contributed by atoms with van der Waals surface area (Å²) >= 11 is 0. The highest BCUT2D eigenvalue weighted by Gasteiger charge is 2.06. The van der Waals surface area contributed by atoms with Crippen molar-refractivity contribution in [1.82, 2.24) is 10.3 Å². The lowest BCUT2D eigenvalue weighted by Gasteiger charge is -2.05. The van der Waals surface area contributed by atoms with Crippen molar-refractivity contribution in [2.24, 2.45) is 0 Å². The summed E-state index contributed by atoms with van der Waals surface area (Å²) in [5, 5.41) is 2.83. The molecule has 0 bridgehead atoms. The summed E-state index contributed by atoms with van der Waals surface area (Å²) in [5.41, 5.74) is 7.72. The Kier molecular flexibility index (Phi) is 4.07. The summed E-state index contributed by atoms with van der Waals surface area (Å²) < 4.78 is 5.09. The standard InChI is InChI=1S/C14H17N3O2/c1-19-12-4-2-10(3-5-12)6-7-16-14(18)13-8-11(15)9-17-13/h2-5,8-9,17H,6-7,15H2,1H3,(H,16,18). The summed E-state index contributed by atoms with van der Waals surface area (Å²) in [7, 11) is 1.64. The van der Waals surface area contributed by atoms with E-state index in [0.717, 1.165) is 17.7 Å². The molecule has 1 aromatic carbocycles. The zero-order valence-corrected chi connectivity index (χ0v) is 10.8. The van der Waals surface area contributed by atoms with Gasteiger partial charge in [0.2, 0.25) is 0 Å². The Hall–Kier alpha value is -2.43. The van der Waals surface area contributed by atoms with Crippen LogP contribution in [0.5, 0.6) is 5.75 Å². The first-order valence-electron chi connectivity index (χ1n) is 6.04. The van der Waals surface area contributed by atoms with Crippen LogP contribution in [0, 0.1) is 0 Å². The number of carbonyl (C=O) groups excluding carboxylic acids is 1. The maximum absolute atomic E-state index is 11.7. The molecule has 1 heterocycles. The highest BCUT2D eigenvalue weighted by Crippen LogP contribution is 2.11. The molecule has 4 N–H and O–H groups in total. The van der Waals surface area contributed by atoms with E-state index < -0.39 is 0 Å². The van der Waals surface area contributed by atoms with Crippen LogP contribution in [0.1, 0.15) is 16.1 Å². The SMILES string of the molecule is COc1ccc(CCNC(=O)c2cc(N)c[nH]2)cc1. The van der Waals surface area contributed by atoms with Crippen molar-refractivity contribution in [3.63, 3.8) is 0 Å². The highest BCUT2D eigenvalue weighted by atomic mass is 16.5. The molecule has 5 nitrogen and oxygen atoms in total. The Morgan fingerprint density at radius 3 is 2.68 bits per heavy atom. The topological polar surface area (TPSA) is 80.1 Å². The Morgan fingerprint density at radius 2 is 2.11 bits per heavy atom.